The molecule has 2 rings (SSSR count). The highest BCUT2D eigenvalue weighted by Gasteiger charge is 2.46. The highest BCUT2D eigenvalue weighted by Crippen LogP contribution is 2.28. The van der Waals surface area contributed by atoms with Crippen LogP contribution in [0.3, 0.4) is 0 Å². The minimum absolute atomic E-state index is 0.0232. The molecule has 1 aliphatic carbocycles. The molecule has 4 N–H and O–H groups in total. The van der Waals surface area contributed by atoms with Gasteiger partial charge in [-0.3, -0.25) is 4.79 Å². The summed E-state index contributed by atoms with van der Waals surface area (Å²) in [6, 6.07) is 8.25. The minimum Gasteiger partial charge on any atom is -0.358 e. The van der Waals surface area contributed by atoms with Crippen molar-refractivity contribution in [3.8, 4) is 0 Å². The monoisotopic (exact) mass is 248 g/mol. The molecule has 0 unspecified atom stereocenters. The van der Waals surface area contributed by atoms with Crippen molar-refractivity contribution in [1.29, 1.82) is 0 Å². The number of carbonyl (C=O) groups excluding carboxylic acids is 1. The summed E-state index contributed by atoms with van der Waals surface area (Å²) in [6.45, 7) is 0. The minimum atomic E-state index is -2.90. The van der Waals surface area contributed by atoms with Gasteiger partial charge in [0.05, 0.1) is 0 Å². The van der Waals surface area contributed by atoms with E-state index in [9.17, 15) is 25.2 Å². The molecule has 1 aliphatic rings. The van der Waals surface area contributed by atoms with Gasteiger partial charge in [0.15, 0.2) is 5.78 Å². The molecule has 0 amide bonds. The van der Waals surface area contributed by atoms with Crippen molar-refractivity contribution in [2.24, 2.45) is 0 Å². The fraction of sp³-hybridized carbons (Fsp3) is 0.154. The molecular formula is C13H12O5. The third-order valence-electron chi connectivity index (χ3n) is 2.69. The lowest BCUT2D eigenvalue weighted by Crippen LogP contribution is -2.53. The summed E-state index contributed by atoms with van der Waals surface area (Å²) < 4.78 is 0. The number of allylic oxidation sites excluding steroid dienone is 2. The summed E-state index contributed by atoms with van der Waals surface area (Å²) in [5.74, 6) is -6.15. The van der Waals surface area contributed by atoms with Gasteiger partial charge in [-0.25, -0.2) is 0 Å². The Morgan fingerprint density at radius 2 is 1.56 bits per heavy atom. The standard InChI is InChI=1S/C13H12O5/c14-11(9-4-2-1-3-5-9)10-6-7-12(15,16)13(17,18)8-10/h1-8,15-18H. The molecule has 18 heavy (non-hydrogen) atoms. The molecule has 0 fully saturated rings. The second-order valence-corrected chi connectivity index (χ2v) is 4.08. The van der Waals surface area contributed by atoms with Crippen LogP contribution in [0.4, 0.5) is 0 Å². The molecule has 0 aromatic heterocycles. The van der Waals surface area contributed by atoms with Gasteiger partial charge in [-0.1, -0.05) is 30.3 Å². The first-order valence-electron chi connectivity index (χ1n) is 5.25. The molecule has 1 aromatic carbocycles. The van der Waals surface area contributed by atoms with Gasteiger partial charge < -0.3 is 20.4 Å². The van der Waals surface area contributed by atoms with Crippen molar-refractivity contribution in [1.82, 2.24) is 0 Å². The fourth-order valence-electron chi connectivity index (χ4n) is 1.60. The van der Waals surface area contributed by atoms with Gasteiger partial charge >= 0.3 is 0 Å². The predicted octanol–water partition coefficient (Wildman–Crippen LogP) is -0.273. The maximum absolute atomic E-state index is 12.0. The van der Waals surface area contributed by atoms with Crippen LogP contribution in [0.25, 0.3) is 0 Å². The molecule has 0 saturated carbocycles. The van der Waals surface area contributed by atoms with E-state index < -0.39 is 17.4 Å². The molecule has 94 valence electrons. The molecule has 0 saturated heterocycles. The summed E-state index contributed by atoms with van der Waals surface area (Å²) in [5.41, 5.74) is 0.345. The molecule has 0 heterocycles. The number of benzene rings is 1. The third kappa shape index (κ3) is 2.12. The Morgan fingerprint density at radius 3 is 2.11 bits per heavy atom. The molecule has 0 aliphatic heterocycles. The van der Waals surface area contributed by atoms with Gasteiger partial charge in [-0.15, -0.1) is 0 Å². The Morgan fingerprint density at radius 1 is 0.944 bits per heavy atom. The Bertz CT molecular complexity index is 526. The largest absolute Gasteiger partial charge is 0.358 e. The number of hydrogen-bond acceptors (Lipinski definition) is 5. The molecular weight excluding hydrogens is 236 g/mol. The Kier molecular flexibility index (Phi) is 2.92. The summed E-state index contributed by atoms with van der Waals surface area (Å²) in [4.78, 5) is 12.0. The number of carbonyl (C=O) groups is 1. The maximum atomic E-state index is 12.0. The van der Waals surface area contributed by atoms with Crippen molar-refractivity contribution in [3.63, 3.8) is 0 Å². The van der Waals surface area contributed by atoms with Crippen LogP contribution in [0.2, 0.25) is 0 Å². The molecule has 1 aromatic rings. The first-order chi connectivity index (χ1) is 8.33. The second kappa shape index (κ2) is 4.15. The lowest BCUT2D eigenvalue weighted by Gasteiger charge is -2.33. The van der Waals surface area contributed by atoms with E-state index in [1.54, 1.807) is 30.3 Å². The van der Waals surface area contributed by atoms with Crippen molar-refractivity contribution < 1.29 is 25.2 Å². The van der Waals surface area contributed by atoms with Crippen LogP contribution in [0.15, 0.2) is 54.1 Å². The van der Waals surface area contributed by atoms with Crippen molar-refractivity contribution in [2.75, 3.05) is 0 Å². The van der Waals surface area contributed by atoms with Crippen molar-refractivity contribution in [3.05, 3.63) is 59.7 Å². The predicted molar refractivity (Wildman–Crippen MR) is 62.3 cm³/mol. The summed E-state index contributed by atoms with van der Waals surface area (Å²) in [5, 5.41) is 37.5. The lowest BCUT2D eigenvalue weighted by atomic mass is 9.91. The van der Waals surface area contributed by atoms with E-state index in [4.69, 9.17) is 0 Å². The third-order valence-corrected chi connectivity index (χ3v) is 2.69. The van der Waals surface area contributed by atoms with E-state index in [-0.39, 0.29) is 5.57 Å². The highest BCUT2D eigenvalue weighted by atomic mass is 16.6. The molecule has 0 bridgehead atoms. The highest BCUT2D eigenvalue weighted by molar-refractivity contribution is 6.10. The van der Waals surface area contributed by atoms with Gasteiger partial charge in [-0.05, 0) is 18.2 Å². The Balaban J connectivity index is 2.35. The van der Waals surface area contributed by atoms with Gasteiger partial charge in [0.1, 0.15) is 0 Å². The van der Waals surface area contributed by atoms with E-state index in [0.29, 0.717) is 11.6 Å². The molecule has 5 heteroatoms. The van der Waals surface area contributed by atoms with Crippen LogP contribution in [0.1, 0.15) is 10.4 Å². The lowest BCUT2D eigenvalue weighted by molar-refractivity contribution is -0.308. The molecule has 0 spiro atoms. The summed E-state index contributed by atoms with van der Waals surface area (Å²) >= 11 is 0. The second-order valence-electron chi connectivity index (χ2n) is 4.08. The van der Waals surface area contributed by atoms with Crippen molar-refractivity contribution >= 4 is 5.78 Å². The van der Waals surface area contributed by atoms with Gasteiger partial charge in [-0.2, -0.15) is 0 Å². The molecule has 0 radical (unpaired) electrons. The van der Waals surface area contributed by atoms with Crippen LogP contribution >= 0.6 is 0 Å². The number of rotatable bonds is 2. The van der Waals surface area contributed by atoms with E-state index in [1.165, 1.54) is 0 Å². The van der Waals surface area contributed by atoms with Crippen LogP contribution in [0.5, 0.6) is 0 Å². The average molecular weight is 248 g/mol. The number of hydrogen-bond donors (Lipinski definition) is 4. The first kappa shape index (κ1) is 12.7. The normalized spacial score (nSPS) is 20.3. The van der Waals surface area contributed by atoms with E-state index >= 15 is 0 Å². The van der Waals surface area contributed by atoms with Gasteiger partial charge in [0, 0.05) is 11.1 Å². The van der Waals surface area contributed by atoms with Crippen LogP contribution in [-0.2, 0) is 0 Å². The SMILES string of the molecule is O=C(C1=CC(O)(O)C(O)(O)C=C1)c1ccccc1. The maximum Gasteiger partial charge on any atom is 0.243 e. The zero-order chi connectivity index (χ0) is 13.4. The van der Waals surface area contributed by atoms with Gasteiger partial charge in [0.2, 0.25) is 11.6 Å². The first-order valence-corrected chi connectivity index (χ1v) is 5.25. The smallest absolute Gasteiger partial charge is 0.243 e. The van der Waals surface area contributed by atoms with Crippen LogP contribution in [-0.4, -0.2) is 37.8 Å². The summed E-state index contributed by atoms with van der Waals surface area (Å²) in [6.07, 6.45) is 2.60. The number of aliphatic hydroxyl groups is 4. The fourth-order valence-corrected chi connectivity index (χ4v) is 1.60. The van der Waals surface area contributed by atoms with E-state index in [1.807, 2.05) is 0 Å². The number of ketones is 1. The zero-order valence-corrected chi connectivity index (χ0v) is 9.32. The Hall–Kier alpha value is -1.79. The van der Waals surface area contributed by atoms with Crippen molar-refractivity contribution in [2.45, 2.75) is 11.6 Å². The Labute approximate surface area is 103 Å². The molecule has 5 nitrogen and oxygen atoms in total. The average Bonchev–Trinajstić information content (AvgIpc) is 2.33. The van der Waals surface area contributed by atoms with Gasteiger partial charge in [0.25, 0.3) is 0 Å². The van der Waals surface area contributed by atoms with E-state index in [2.05, 4.69) is 0 Å². The molecule has 0 atom stereocenters. The van der Waals surface area contributed by atoms with Crippen LogP contribution < -0.4 is 0 Å². The summed E-state index contributed by atoms with van der Waals surface area (Å²) in [7, 11) is 0. The van der Waals surface area contributed by atoms with E-state index in [0.717, 1.165) is 12.2 Å². The quantitative estimate of drug-likeness (QED) is 0.426. The van der Waals surface area contributed by atoms with Crippen LogP contribution in [0, 0.1) is 0 Å². The topological polar surface area (TPSA) is 98.0 Å². The zero-order valence-electron chi connectivity index (χ0n) is 9.32. The number of Topliss-reactive ketones (excluding diaryl/α,β-unsaturated/α-hetero) is 1.